The Hall–Kier alpha value is -6.32. The minimum atomic E-state index is -0.355. The average molecular weight is 734 g/mol. The average Bonchev–Trinajstić information content (AvgIpc) is 3.92. The van der Waals surface area contributed by atoms with E-state index in [1.165, 1.54) is 94.3 Å². The molecule has 57 heavy (non-hydrogen) atoms. The van der Waals surface area contributed by atoms with Crippen LogP contribution in [0.4, 0.5) is 5.69 Å². The van der Waals surface area contributed by atoms with Crippen molar-refractivity contribution in [2.45, 2.75) is 61.7 Å². The molecule has 7 aliphatic rings. The lowest BCUT2D eigenvalue weighted by molar-refractivity contribution is 0.364. The molecule has 274 valence electrons. The first-order valence-electron chi connectivity index (χ1n) is 20.8. The van der Waals surface area contributed by atoms with Crippen LogP contribution in [0, 0.1) is 0 Å². The van der Waals surface area contributed by atoms with Crippen LogP contribution in [0.1, 0.15) is 83.2 Å². The van der Waals surface area contributed by atoms with E-state index in [0.29, 0.717) is 5.92 Å². The van der Waals surface area contributed by atoms with E-state index in [4.69, 9.17) is 0 Å². The molecule has 0 saturated heterocycles. The Balaban J connectivity index is 1.04. The van der Waals surface area contributed by atoms with Crippen LogP contribution in [0.2, 0.25) is 0 Å². The quantitative estimate of drug-likeness (QED) is 0.185. The van der Waals surface area contributed by atoms with E-state index in [9.17, 15) is 0 Å². The number of rotatable bonds is 2. The maximum absolute atomic E-state index is 4.33. The van der Waals surface area contributed by atoms with Gasteiger partial charge >= 0.3 is 0 Å². The smallest absolute Gasteiger partial charge is 0.124 e. The number of hydrogen-bond acceptors (Lipinski definition) is 3. The number of nitrogens with zero attached hydrogens (tertiary/aromatic N) is 1. The zero-order valence-corrected chi connectivity index (χ0v) is 32.3. The van der Waals surface area contributed by atoms with Crippen LogP contribution in [0.5, 0.6) is 0 Å². The second-order valence-electron chi connectivity index (χ2n) is 17.5. The molecule has 3 nitrogen and oxygen atoms in total. The molecule has 6 aromatic carbocycles. The van der Waals surface area contributed by atoms with Gasteiger partial charge in [0.05, 0.1) is 23.2 Å². The summed E-state index contributed by atoms with van der Waals surface area (Å²) >= 11 is 0. The minimum absolute atomic E-state index is 0.0413. The summed E-state index contributed by atoms with van der Waals surface area (Å²) in [4.78, 5) is 2.73. The summed E-state index contributed by atoms with van der Waals surface area (Å²) < 4.78 is 0. The van der Waals surface area contributed by atoms with Gasteiger partial charge in [-0.05, 0) is 103 Å². The van der Waals surface area contributed by atoms with E-state index in [-0.39, 0.29) is 29.1 Å². The topological polar surface area (TPSA) is 27.3 Å². The molecular weight excluding hydrogens is 691 g/mol. The van der Waals surface area contributed by atoms with E-state index < -0.39 is 0 Å². The van der Waals surface area contributed by atoms with Crippen molar-refractivity contribution in [2.24, 2.45) is 0 Å². The van der Waals surface area contributed by atoms with Gasteiger partial charge in [0, 0.05) is 28.3 Å². The first kappa shape index (κ1) is 31.8. The molecule has 3 heteroatoms. The lowest BCUT2D eigenvalue weighted by Crippen LogP contribution is -2.59. The Labute approximate surface area is 334 Å². The fraction of sp³-hybridized carbons (Fsp3) is 0.185. The van der Waals surface area contributed by atoms with Gasteiger partial charge in [0.25, 0.3) is 0 Å². The molecule has 4 atom stereocenters. The second-order valence-corrected chi connectivity index (χ2v) is 17.5. The van der Waals surface area contributed by atoms with Crippen LogP contribution >= 0.6 is 0 Å². The third-order valence-electron chi connectivity index (χ3n) is 14.5. The Morgan fingerprint density at radius 2 is 1.14 bits per heavy atom. The number of benzene rings is 6. The fourth-order valence-electron chi connectivity index (χ4n) is 12.1. The first-order valence-corrected chi connectivity index (χ1v) is 20.8. The molecule has 2 N–H and O–H groups in total. The molecular formula is C54H43N3. The highest BCUT2D eigenvalue weighted by molar-refractivity contribution is 5.95. The van der Waals surface area contributed by atoms with Gasteiger partial charge in [-0.2, -0.15) is 0 Å². The fourth-order valence-corrected chi connectivity index (χ4v) is 12.1. The van der Waals surface area contributed by atoms with Gasteiger partial charge in [-0.1, -0.05) is 159 Å². The molecule has 0 amide bonds. The number of nitrogens with one attached hydrogen (secondary N) is 2. The molecule has 0 fully saturated rings. The maximum atomic E-state index is 4.33. The van der Waals surface area contributed by atoms with Gasteiger partial charge in [0.2, 0.25) is 0 Å². The number of anilines is 1. The molecule has 13 rings (SSSR count). The van der Waals surface area contributed by atoms with Crippen LogP contribution in [0.25, 0.3) is 40.1 Å². The van der Waals surface area contributed by atoms with Gasteiger partial charge in [-0.15, -0.1) is 0 Å². The Morgan fingerprint density at radius 1 is 0.561 bits per heavy atom. The first-order chi connectivity index (χ1) is 28.0. The van der Waals surface area contributed by atoms with Crippen molar-refractivity contribution < 1.29 is 0 Å². The van der Waals surface area contributed by atoms with E-state index in [1.807, 2.05) is 0 Å². The van der Waals surface area contributed by atoms with Gasteiger partial charge in [-0.3, -0.25) is 0 Å². The van der Waals surface area contributed by atoms with Crippen LogP contribution in [-0.4, -0.2) is 12.2 Å². The van der Waals surface area contributed by atoms with Gasteiger partial charge < -0.3 is 15.5 Å². The second kappa shape index (κ2) is 11.2. The van der Waals surface area contributed by atoms with Crippen molar-refractivity contribution >= 4 is 23.5 Å². The summed E-state index contributed by atoms with van der Waals surface area (Å²) in [6.07, 6.45) is 16.4. The summed E-state index contributed by atoms with van der Waals surface area (Å²) in [6.45, 7) is 4.77. The minimum Gasteiger partial charge on any atom is -0.373 e. The molecule has 0 radical (unpaired) electrons. The standard InChI is InChI=1S/C54H43N3/c1-53(2)42-22-10-8-21-39(42)50-51(53)56-52(57-47-26-14-9-20-38(47)41-29-32-15-3-4-16-33(32)31-48(41)57)49(55-50)34-27-28-46-40(30-34)37-19-7-13-25-45(37)54(46)43-23-11-5-17-35(43)36-18-6-12-24-44(36)54/h5-31,38,47,49,52,55-56H,3-4H2,1-2H3. The predicted molar refractivity (Wildman–Crippen MR) is 233 cm³/mol. The Bertz CT molecular complexity index is 2950. The van der Waals surface area contributed by atoms with Crippen molar-refractivity contribution in [3.8, 4) is 22.3 Å². The largest absolute Gasteiger partial charge is 0.373 e. The SMILES string of the molecule is CC1(C)C2=C(NC(c3ccc4c(c3)-c3ccccc3C43c4ccccc4-c4ccccc43)C(N3c4cc5c(cc4C4C=CC=CC43)=CCCC=5)N2)c2ccccc21. The normalized spacial score (nSPS) is 23.7. The lowest BCUT2D eigenvalue weighted by Gasteiger charge is -2.46. The molecule has 0 bridgehead atoms. The molecule has 1 spiro atoms. The predicted octanol–water partition coefficient (Wildman–Crippen LogP) is 9.70. The zero-order valence-electron chi connectivity index (χ0n) is 32.3. The maximum Gasteiger partial charge on any atom is 0.124 e. The molecule has 6 aromatic rings. The summed E-state index contributed by atoms with van der Waals surface area (Å²) in [5, 5.41) is 11.4. The number of hydrogen-bond donors (Lipinski definition) is 2. The van der Waals surface area contributed by atoms with Crippen molar-refractivity contribution in [3.63, 3.8) is 0 Å². The molecule has 5 aliphatic carbocycles. The third kappa shape index (κ3) is 3.97. The molecule has 2 heterocycles. The number of allylic oxidation sites excluding steroid dienone is 3. The van der Waals surface area contributed by atoms with Crippen LogP contribution in [-0.2, 0) is 10.8 Å². The van der Waals surface area contributed by atoms with Gasteiger partial charge in [0.15, 0.2) is 0 Å². The van der Waals surface area contributed by atoms with E-state index in [0.717, 1.165) is 12.8 Å². The number of fused-ring (bicyclic) bond motifs is 16. The van der Waals surface area contributed by atoms with E-state index in [1.54, 1.807) is 0 Å². The van der Waals surface area contributed by atoms with Crippen molar-refractivity contribution in [1.29, 1.82) is 0 Å². The van der Waals surface area contributed by atoms with Crippen molar-refractivity contribution in [1.82, 2.24) is 10.6 Å². The summed E-state index contributed by atoms with van der Waals surface area (Å²) in [7, 11) is 0. The van der Waals surface area contributed by atoms with Gasteiger partial charge in [0.1, 0.15) is 6.17 Å². The van der Waals surface area contributed by atoms with Crippen molar-refractivity contribution in [3.05, 3.63) is 212 Å². The molecule has 2 aliphatic heterocycles. The van der Waals surface area contributed by atoms with Crippen LogP contribution in [0.3, 0.4) is 0 Å². The van der Waals surface area contributed by atoms with Crippen LogP contribution in [0.15, 0.2) is 157 Å². The van der Waals surface area contributed by atoms with Crippen molar-refractivity contribution in [2.75, 3.05) is 4.90 Å². The lowest BCUT2D eigenvalue weighted by atomic mass is 9.70. The Kier molecular flexibility index (Phi) is 6.24. The third-order valence-corrected chi connectivity index (χ3v) is 14.5. The highest BCUT2D eigenvalue weighted by atomic mass is 15.4. The summed E-state index contributed by atoms with van der Waals surface area (Å²) in [5.41, 5.74) is 19.6. The summed E-state index contributed by atoms with van der Waals surface area (Å²) in [5.74, 6) is 0.298. The van der Waals surface area contributed by atoms with E-state index in [2.05, 4.69) is 193 Å². The summed E-state index contributed by atoms with van der Waals surface area (Å²) in [6, 6.07) is 49.0. The Morgan fingerprint density at radius 3 is 1.84 bits per heavy atom. The molecule has 0 saturated carbocycles. The molecule has 4 unspecified atom stereocenters. The highest BCUT2D eigenvalue weighted by Crippen LogP contribution is 2.63. The van der Waals surface area contributed by atoms with E-state index >= 15 is 0 Å². The van der Waals surface area contributed by atoms with Crippen LogP contribution < -0.4 is 26.0 Å². The molecule has 0 aromatic heterocycles. The highest BCUT2D eigenvalue weighted by Gasteiger charge is 2.53. The van der Waals surface area contributed by atoms with Gasteiger partial charge in [-0.25, -0.2) is 0 Å². The zero-order chi connectivity index (χ0) is 37.6. The monoisotopic (exact) mass is 733 g/mol.